The summed E-state index contributed by atoms with van der Waals surface area (Å²) in [4.78, 5) is 9.20. The Morgan fingerprint density at radius 1 is 1.22 bits per heavy atom. The molecule has 4 heteroatoms. The molecule has 2 bridgehead atoms. The van der Waals surface area contributed by atoms with Crippen molar-refractivity contribution in [2.24, 2.45) is 0 Å². The molecule has 1 N–H and O–H groups in total. The van der Waals surface area contributed by atoms with E-state index in [9.17, 15) is 0 Å². The Balaban J connectivity index is 1.53. The van der Waals surface area contributed by atoms with E-state index >= 15 is 0 Å². The number of anilines is 1. The molecule has 1 aromatic rings. The lowest BCUT2D eigenvalue weighted by molar-refractivity contribution is 0.102. The molecule has 0 radical (unpaired) electrons. The number of rotatable bonds is 3. The van der Waals surface area contributed by atoms with E-state index in [1.54, 1.807) is 0 Å². The largest absolute Gasteiger partial charge is 0.373 e. The van der Waals surface area contributed by atoms with Crippen LogP contribution in [-0.2, 0) is 4.74 Å². The molecule has 2 aliphatic heterocycles. The van der Waals surface area contributed by atoms with Gasteiger partial charge in [-0.3, -0.25) is 0 Å². The lowest BCUT2D eigenvalue weighted by Gasteiger charge is -2.21. The average Bonchev–Trinajstić information content (AvgIpc) is 3.00. The Morgan fingerprint density at radius 3 is 2.78 bits per heavy atom. The van der Waals surface area contributed by atoms with Crippen LogP contribution in [0.2, 0.25) is 0 Å². The molecule has 3 fully saturated rings. The molecule has 3 atom stereocenters. The molecule has 4 rings (SSSR count). The van der Waals surface area contributed by atoms with E-state index in [-0.39, 0.29) is 0 Å². The standard InChI is InChI=1S/C14H19N3O/c1-8-6-13(17-14(15-8)9-2-3-9)16-11-7-10-4-5-12(11)18-10/h6,9-12H,2-5,7H2,1H3,(H,15,16,17). The number of hydrogen-bond acceptors (Lipinski definition) is 4. The maximum Gasteiger partial charge on any atom is 0.134 e. The molecule has 2 saturated heterocycles. The van der Waals surface area contributed by atoms with Gasteiger partial charge in [-0.05, 0) is 39.0 Å². The Hall–Kier alpha value is -1.16. The number of nitrogens with zero attached hydrogens (tertiary/aromatic N) is 2. The van der Waals surface area contributed by atoms with Crippen LogP contribution in [0.5, 0.6) is 0 Å². The van der Waals surface area contributed by atoms with Gasteiger partial charge in [-0.15, -0.1) is 0 Å². The third kappa shape index (κ3) is 1.88. The molecule has 3 unspecified atom stereocenters. The summed E-state index contributed by atoms with van der Waals surface area (Å²) < 4.78 is 5.87. The summed E-state index contributed by atoms with van der Waals surface area (Å²) in [6.45, 7) is 2.05. The van der Waals surface area contributed by atoms with Crippen LogP contribution in [0.1, 0.15) is 49.5 Å². The average molecular weight is 245 g/mol. The summed E-state index contributed by atoms with van der Waals surface area (Å²) in [5, 5.41) is 3.56. The first-order chi connectivity index (χ1) is 8.78. The minimum absolute atomic E-state index is 0.398. The van der Waals surface area contributed by atoms with Gasteiger partial charge in [0.1, 0.15) is 11.6 Å². The minimum atomic E-state index is 0.398. The van der Waals surface area contributed by atoms with Crippen molar-refractivity contribution in [3.63, 3.8) is 0 Å². The fourth-order valence-corrected chi connectivity index (χ4v) is 3.17. The van der Waals surface area contributed by atoms with Crippen molar-refractivity contribution in [3.05, 3.63) is 17.6 Å². The van der Waals surface area contributed by atoms with E-state index in [2.05, 4.69) is 28.3 Å². The second kappa shape index (κ2) is 3.92. The zero-order valence-electron chi connectivity index (χ0n) is 10.7. The van der Waals surface area contributed by atoms with Crippen molar-refractivity contribution >= 4 is 5.82 Å². The van der Waals surface area contributed by atoms with E-state index in [1.807, 2.05) is 0 Å². The fraction of sp³-hybridized carbons (Fsp3) is 0.714. The molecule has 4 nitrogen and oxygen atoms in total. The maximum atomic E-state index is 5.87. The molecule has 18 heavy (non-hydrogen) atoms. The minimum Gasteiger partial charge on any atom is -0.373 e. The Labute approximate surface area is 107 Å². The number of aryl methyl sites for hydroxylation is 1. The maximum absolute atomic E-state index is 5.87. The summed E-state index contributed by atoms with van der Waals surface area (Å²) in [5.41, 5.74) is 1.07. The van der Waals surface area contributed by atoms with Crippen LogP contribution in [0.15, 0.2) is 6.07 Å². The Bertz CT molecular complexity index is 472. The smallest absolute Gasteiger partial charge is 0.134 e. The number of hydrogen-bond donors (Lipinski definition) is 1. The normalized spacial score (nSPS) is 33.9. The second-order valence-electron chi connectivity index (χ2n) is 5.89. The first-order valence-electron chi connectivity index (χ1n) is 7.05. The van der Waals surface area contributed by atoms with Gasteiger partial charge in [-0.1, -0.05) is 0 Å². The number of fused-ring (bicyclic) bond motifs is 2. The van der Waals surface area contributed by atoms with Crippen LogP contribution in [0.3, 0.4) is 0 Å². The predicted molar refractivity (Wildman–Crippen MR) is 68.7 cm³/mol. The predicted octanol–water partition coefficient (Wildman–Crippen LogP) is 2.39. The van der Waals surface area contributed by atoms with Gasteiger partial charge in [0, 0.05) is 17.7 Å². The third-order valence-corrected chi connectivity index (χ3v) is 4.25. The Kier molecular flexibility index (Phi) is 2.34. The zero-order chi connectivity index (χ0) is 12.1. The van der Waals surface area contributed by atoms with E-state index in [1.165, 1.54) is 25.7 Å². The highest BCUT2D eigenvalue weighted by atomic mass is 16.5. The van der Waals surface area contributed by atoms with E-state index in [0.717, 1.165) is 23.8 Å². The van der Waals surface area contributed by atoms with Crippen molar-refractivity contribution in [2.75, 3.05) is 5.32 Å². The van der Waals surface area contributed by atoms with Crippen LogP contribution in [0.4, 0.5) is 5.82 Å². The molecule has 0 spiro atoms. The quantitative estimate of drug-likeness (QED) is 0.888. The molecule has 1 saturated carbocycles. The molecule has 3 heterocycles. The Morgan fingerprint density at radius 2 is 2.11 bits per heavy atom. The van der Waals surface area contributed by atoms with Gasteiger partial charge >= 0.3 is 0 Å². The summed E-state index contributed by atoms with van der Waals surface area (Å²) in [5.74, 6) is 2.63. The molecular formula is C14H19N3O. The number of aromatic nitrogens is 2. The number of nitrogens with one attached hydrogen (secondary N) is 1. The van der Waals surface area contributed by atoms with Crippen LogP contribution >= 0.6 is 0 Å². The zero-order valence-corrected chi connectivity index (χ0v) is 10.7. The monoisotopic (exact) mass is 245 g/mol. The molecule has 1 aromatic heterocycles. The number of ether oxygens (including phenoxy) is 1. The van der Waals surface area contributed by atoms with Crippen molar-refractivity contribution in [1.29, 1.82) is 0 Å². The van der Waals surface area contributed by atoms with Gasteiger partial charge in [0.15, 0.2) is 0 Å². The highest BCUT2D eigenvalue weighted by Gasteiger charge is 2.41. The van der Waals surface area contributed by atoms with Crippen LogP contribution in [0, 0.1) is 6.92 Å². The van der Waals surface area contributed by atoms with E-state index < -0.39 is 0 Å². The SMILES string of the molecule is Cc1cc(NC2CC3CCC2O3)nc(C2CC2)n1. The highest BCUT2D eigenvalue weighted by Crippen LogP contribution is 2.39. The second-order valence-corrected chi connectivity index (χ2v) is 5.89. The summed E-state index contributed by atoms with van der Waals surface area (Å²) in [6.07, 6.45) is 6.95. The van der Waals surface area contributed by atoms with Crippen molar-refractivity contribution < 1.29 is 4.74 Å². The lowest BCUT2D eigenvalue weighted by Crippen LogP contribution is -2.31. The van der Waals surface area contributed by atoms with Gasteiger partial charge in [0.25, 0.3) is 0 Å². The van der Waals surface area contributed by atoms with Gasteiger partial charge in [-0.25, -0.2) is 9.97 Å². The van der Waals surface area contributed by atoms with E-state index in [4.69, 9.17) is 4.74 Å². The summed E-state index contributed by atoms with van der Waals surface area (Å²) in [6, 6.07) is 2.50. The van der Waals surface area contributed by atoms with Gasteiger partial charge in [0.05, 0.1) is 18.2 Å². The van der Waals surface area contributed by atoms with Crippen LogP contribution in [-0.4, -0.2) is 28.2 Å². The molecule has 1 aliphatic carbocycles. The van der Waals surface area contributed by atoms with E-state index in [0.29, 0.717) is 24.2 Å². The molecular weight excluding hydrogens is 226 g/mol. The van der Waals surface area contributed by atoms with Gasteiger partial charge in [-0.2, -0.15) is 0 Å². The van der Waals surface area contributed by atoms with Gasteiger partial charge in [0.2, 0.25) is 0 Å². The first-order valence-corrected chi connectivity index (χ1v) is 7.05. The summed E-state index contributed by atoms with van der Waals surface area (Å²) in [7, 11) is 0. The summed E-state index contributed by atoms with van der Waals surface area (Å²) >= 11 is 0. The third-order valence-electron chi connectivity index (χ3n) is 4.25. The van der Waals surface area contributed by atoms with Crippen molar-refractivity contribution in [1.82, 2.24) is 9.97 Å². The molecule has 0 amide bonds. The molecule has 3 aliphatic rings. The highest BCUT2D eigenvalue weighted by molar-refractivity contribution is 5.39. The molecule has 96 valence electrons. The van der Waals surface area contributed by atoms with Crippen molar-refractivity contribution in [2.45, 2.75) is 63.2 Å². The first kappa shape index (κ1) is 10.7. The van der Waals surface area contributed by atoms with Crippen molar-refractivity contribution in [3.8, 4) is 0 Å². The fourth-order valence-electron chi connectivity index (χ4n) is 3.17. The van der Waals surface area contributed by atoms with Crippen LogP contribution in [0.25, 0.3) is 0 Å². The topological polar surface area (TPSA) is 47.0 Å². The molecule has 0 aromatic carbocycles. The lowest BCUT2D eigenvalue weighted by atomic mass is 9.95. The van der Waals surface area contributed by atoms with Crippen LogP contribution < -0.4 is 5.32 Å². The van der Waals surface area contributed by atoms with Gasteiger partial charge < -0.3 is 10.1 Å².